The molecule has 2 heterocycles. The highest BCUT2D eigenvalue weighted by Crippen LogP contribution is 2.13. The summed E-state index contributed by atoms with van der Waals surface area (Å²) in [6, 6.07) is 1.86. The van der Waals surface area contributed by atoms with Crippen molar-refractivity contribution in [1.82, 2.24) is 10.6 Å². The van der Waals surface area contributed by atoms with Crippen molar-refractivity contribution in [3.8, 4) is 0 Å². The average Bonchev–Trinajstić information content (AvgIpc) is 2.84. The molecule has 88 valence electrons. The van der Waals surface area contributed by atoms with Crippen LogP contribution in [0, 0.1) is 5.92 Å². The normalized spacial score (nSPS) is 20.6. The molecule has 16 heavy (non-hydrogen) atoms. The lowest BCUT2D eigenvalue weighted by molar-refractivity contribution is 0.0951. The Morgan fingerprint density at radius 3 is 3.25 bits per heavy atom. The maximum Gasteiger partial charge on any atom is 0.252 e. The first-order chi connectivity index (χ1) is 7.86. The van der Waals surface area contributed by atoms with E-state index in [1.165, 1.54) is 12.8 Å². The minimum absolute atomic E-state index is 0.0602. The van der Waals surface area contributed by atoms with E-state index in [9.17, 15) is 4.79 Å². The van der Waals surface area contributed by atoms with Crippen LogP contribution in [0.1, 0.15) is 29.6 Å². The number of amides is 1. The van der Waals surface area contributed by atoms with Gasteiger partial charge in [0.05, 0.1) is 0 Å². The highest BCUT2D eigenvalue weighted by atomic mass is 32.1. The second kappa shape index (κ2) is 6.01. The van der Waals surface area contributed by atoms with Crippen LogP contribution in [0.4, 0.5) is 0 Å². The minimum atomic E-state index is 0.0602. The summed E-state index contributed by atoms with van der Waals surface area (Å²) in [6.45, 7) is 3.05. The Bertz CT molecular complexity index is 318. The molecule has 0 bridgehead atoms. The zero-order chi connectivity index (χ0) is 11.2. The molecule has 1 aromatic rings. The fourth-order valence-electron chi connectivity index (χ4n) is 2.06. The summed E-state index contributed by atoms with van der Waals surface area (Å²) in [4.78, 5) is 11.6. The fourth-order valence-corrected chi connectivity index (χ4v) is 2.69. The van der Waals surface area contributed by atoms with Gasteiger partial charge in [0.25, 0.3) is 5.91 Å². The van der Waals surface area contributed by atoms with Crippen LogP contribution in [0.25, 0.3) is 0 Å². The maximum atomic E-state index is 11.6. The molecule has 0 unspecified atom stereocenters. The van der Waals surface area contributed by atoms with Crippen molar-refractivity contribution >= 4 is 17.2 Å². The summed E-state index contributed by atoms with van der Waals surface area (Å²) in [6.07, 6.45) is 3.65. The summed E-state index contributed by atoms with van der Waals surface area (Å²) in [7, 11) is 0. The first kappa shape index (κ1) is 11.6. The summed E-state index contributed by atoms with van der Waals surface area (Å²) >= 11 is 1.56. The third-order valence-electron chi connectivity index (χ3n) is 3.02. The maximum absolute atomic E-state index is 11.6. The van der Waals surface area contributed by atoms with Gasteiger partial charge in [0, 0.05) is 17.5 Å². The molecular weight excluding hydrogens is 220 g/mol. The molecule has 1 fully saturated rings. The van der Waals surface area contributed by atoms with Crippen molar-refractivity contribution in [3.05, 3.63) is 22.4 Å². The number of thiophene rings is 1. The summed E-state index contributed by atoms with van der Waals surface area (Å²) in [5.41, 5.74) is 0.784. The van der Waals surface area contributed by atoms with Gasteiger partial charge in [-0.1, -0.05) is 0 Å². The van der Waals surface area contributed by atoms with Crippen LogP contribution in [0.15, 0.2) is 16.8 Å². The Kier molecular flexibility index (Phi) is 4.36. The highest BCUT2D eigenvalue weighted by molar-refractivity contribution is 7.08. The fraction of sp³-hybridized carbons (Fsp3) is 0.583. The number of hydrogen-bond acceptors (Lipinski definition) is 3. The van der Waals surface area contributed by atoms with Crippen LogP contribution in [0.3, 0.4) is 0 Å². The molecule has 1 saturated heterocycles. The molecule has 1 atom stereocenters. The van der Waals surface area contributed by atoms with Gasteiger partial charge in [-0.2, -0.15) is 11.3 Å². The number of nitrogens with one attached hydrogen (secondary N) is 2. The van der Waals surface area contributed by atoms with Crippen molar-refractivity contribution < 1.29 is 4.79 Å². The van der Waals surface area contributed by atoms with E-state index in [1.54, 1.807) is 11.3 Å². The van der Waals surface area contributed by atoms with E-state index in [-0.39, 0.29) is 5.91 Å². The lowest BCUT2D eigenvalue weighted by Gasteiger charge is -2.22. The van der Waals surface area contributed by atoms with Gasteiger partial charge in [-0.05, 0) is 49.7 Å². The van der Waals surface area contributed by atoms with Crippen LogP contribution >= 0.6 is 11.3 Å². The number of hydrogen-bond donors (Lipinski definition) is 2. The molecule has 1 amide bonds. The third kappa shape index (κ3) is 3.32. The SMILES string of the molecule is O=C(NCC[C@@H]1CCCNC1)c1ccsc1. The number of carbonyl (C=O) groups excluding carboxylic acids is 1. The van der Waals surface area contributed by atoms with Gasteiger partial charge in [-0.3, -0.25) is 4.79 Å². The van der Waals surface area contributed by atoms with Crippen LogP contribution in [-0.4, -0.2) is 25.5 Å². The molecule has 0 aromatic carbocycles. The van der Waals surface area contributed by atoms with E-state index in [2.05, 4.69) is 10.6 Å². The molecule has 2 N–H and O–H groups in total. The lowest BCUT2D eigenvalue weighted by Crippen LogP contribution is -2.33. The molecule has 1 aliphatic heterocycles. The number of carbonyl (C=O) groups is 1. The molecule has 0 spiro atoms. The minimum Gasteiger partial charge on any atom is -0.352 e. The topological polar surface area (TPSA) is 41.1 Å². The zero-order valence-electron chi connectivity index (χ0n) is 9.37. The smallest absolute Gasteiger partial charge is 0.252 e. The second-order valence-corrected chi connectivity index (χ2v) is 5.05. The molecular formula is C12H18N2OS. The first-order valence-corrected chi connectivity index (χ1v) is 6.81. The third-order valence-corrected chi connectivity index (χ3v) is 3.70. The molecule has 0 aliphatic carbocycles. The molecule has 3 nitrogen and oxygen atoms in total. The first-order valence-electron chi connectivity index (χ1n) is 5.87. The van der Waals surface area contributed by atoms with Crippen molar-refractivity contribution in [3.63, 3.8) is 0 Å². The van der Waals surface area contributed by atoms with Gasteiger partial charge >= 0.3 is 0 Å². The molecule has 4 heteroatoms. The Hall–Kier alpha value is -0.870. The van der Waals surface area contributed by atoms with E-state index in [0.29, 0.717) is 0 Å². The Morgan fingerprint density at radius 2 is 2.56 bits per heavy atom. The zero-order valence-corrected chi connectivity index (χ0v) is 10.2. The van der Waals surface area contributed by atoms with Crippen molar-refractivity contribution in [2.45, 2.75) is 19.3 Å². The van der Waals surface area contributed by atoms with Crippen LogP contribution in [0.5, 0.6) is 0 Å². The van der Waals surface area contributed by atoms with Gasteiger partial charge in [0.15, 0.2) is 0 Å². The van der Waals surface area contributed by atoms with Gasteiger partial charge in [-0.25, -0.2) is 0 Å². The molecule has 1 aliphatic rings. The van der Waals surface area contributed by atoms with Crippen molar-refractivity contribution in [2.24, 2.45) is 5.92 Å². The largest absolute Gasteiger partial charge is 0.352 e. The summed E-state index contributed by atoms with van der Waals surface area (Å²) in [5.74, 6) is 0.793. The summed E-state index contributed by atoms with van der Waals surface area (Å²) < 4.78 is 0. The van der Waals surface area contributed by atoms with E-state index in [1.807, 2.05) is 16.8 Å². The second-order valence-electron chi connectivity index (χ2n) is 4.27. The number of rotatable bonds is 4. The monoisotopic (exact) mass is 238 g/mol. The molecule has 2 rings (SSSR count). The van der Waals surface area contributed by atoms with Gasteiger partial charge < -0.3 is 10.6 Å². The quantitative estimate of drug-likeness (QED) is 0.840. The number of piperidine rings is 1. The molecule has 0 saturated carbocycles. The molecule has 0 radical (unpaired) electrons. The lowest BCUT2D eigenvalue weighted by atomic mass is 9.96. The van der Waals surface area contributed by atoms with Gasteiger partial charge in [-0.15, -0.1) is 0 Å². The highest BCUT2D eigenvalue weighted by Gasteiger charge is 2.13. The average molecular weight is 238 g/mol. The predicted molar refractivity (Wildman–Crippen MR) is 66.9 cm³/mol. The summed E-state index contributed by atoms with van der Waals surface area (Å²) in [5, 5.41) is 10.2. The van der Waals surface area contributed by atoms with Crippen LogP contribution in [0.2, 0.25) is 0 Å². The van der Waals surface area contributed by atoms with E-state index >= 15 is 0 Å². The van der Waals surface area contributed by atoms with Crippen LogP contribution < -0.4 is 10.6 Å². The van der Waals surface area contributed by atoms with Crippen molar-refractivity contribution in [1.29, 1.82) is 0 Å². The Balaban J connectivity index is 1.66. The van der Waals surface area contributed by atoms with Crippen molar-refractivity contribution in [2.75, 3.05) is 19.6 Å². The van der Waals surface area contributed by atoms with E-state index < -0.39 is 0 Å². The van der Waals surface area contributed by atoms with Gasteiger partial charge in [0.1, 0.15) is 0 Å². The Morgan fingerprint density at radius 1 is 1.62 bits per heavy atom. The molecule has 1 aromatic heterocycles. The van der Waals surface area contributed by atoms with Crippen LogP contribution in [-0.2, 0) is 0 Å². The van der Waals surface area contributed by atoms with E-state index in [0.717, 1.165) is 37.5 Å². The Labute approximate surface area is 100 Å². The standard InChI is InChI=1S/C12H18N2OS/c15-12(11-4-7-16-9-11)14-6-3-10-2-1-5-13-8-10/h4,7,9-10,13H,1-3,5-6,8H2,(H,14,15)/t10-/m0/s1. The predicted octanol–water partition coefficient (Wildman–Crippen LogP) is 1.87. The van der Waals surface area contributed by atoms with E-state index in [4.69, 9.17) is 0 Å². The van der Waals surface area contributed by atoms with Gasteiger partial charge in [0.2, 0.25) is 0 Å².